The van der Waals surface area contributed by atoms with Gasteiger partial charge in [-0.15, -0.1) is 0 Å². The molecule has 0 bridgehead atoms. The molecule has 1 saturated heterocycles. The van der Waals surface area contributed by atoms with Gasteiger partial charge in [0.1, 0.15) is 5.82 Å². The highest BCUT2D eigenvalue weighted by Crippen LogP contribution is 2.29. The van der Waals surface area contributed by atoms with E-state index in [1.165, 1.54) is 12.1 Å². The van der Waals surface area contributed by atoms with Crippen molar-refractivity contribution in [2.75, 3.05) is 18.1 Å². The number of rotatable bonds is 6. The Morgan fingerprint density at radius 1 is 1.07 bits per heavy atom. The van der Waals surface area contributed by atoms with E-state index in [2.05, 4.69) is 10.0 Å². The number of sulfonamides is 1. The largest absolute Gasteiger partial charge is 0.352 e. The van der Waals surface area contributed by atoms with Crippen molar-refractivity contribution in [3.63, 3.8) is 0 Å². The zero-order valence-electron chi connectivity index (χ0n) is 15.4. The van der Waals surface area contributed by atoms with Crippen molar-refractivity contribution in [2.24, 2.45) is 11.8 Å². The number of sulfone groups is 1. The van der Waals surface area contributed by atoms with Crippen LogP contribution in [0.5, 0.6) is 0 Å². The van der Waals surface area contributed by atoms with Crippen LogP contribution in [-0.2, 0) is 24.7 Å². The molecule has 1 amide bonds. The quantitative estimate of drug-likeness (QED) is 0.702. The topological polar surface area (TPSA) is 109 Å². The minimum atomic E-state index is -3.69. The Kier molecular flexibility index (Phi) is 6.41. The molecule has 10 heteroatoms. The molecule has 1 saturated carbocycles. The highest BCUT2D eigenvalue weighted by molar-refractivity contribution is 7.91. The lowest BCUT2D eigenvalue weighted by atomic mass is 9.81. The Morgan fingerprint density at radius 3 is 2.29 bits per heavy atom. The number of carbonyl (C=O) groups excluding carboxylic acids is 1. The predicted molar refractivity (Wildman–Crippen MR) is 102 cm³/mol. The maximum atomic E-state index is 12.9. The van der Waals surface area contributed by atoms with Crippen LogP contribution < -0.4 is 10.0 Å². The van der Waals surface area contributed by atoms with Gasteiger partial charge in [0.05, 0.1) is 16.4 Å². The zero-order chi connectivity index (χ0) is 20.4. The Hall–Kier alpha value is -1.52. The maximum Gasteiger partial charge on any atom is 0.240 e. The molecule has 1 aliphatic heterocycles. The first-order chi connectivity index (χ1) is 13.1. The number of hydrogen-bond acceptors (Lipinski definition) is 5. The third-order valence-corrected chi connectivity index (χ3v) is 8.69. The second-order valence-electron chi connectivity index (χ2n) is 7.63. The van der Waals surface area contributed by atoms with E-state index in [9.17, 15) is 26.0 Å². The van der Waals surface area contributed by atoms with Gasteiger partial charge in [-0.05, 0) is 62.3 Å². The summed E-state index contributed by atoms with van der Waals surface area (Å²) in [5.41, 5.74) is 0. The van der Waals surface area contributed by atoms with Crippen LogP contribution in [0.3, 0.4) is 0 Å². The molecule has 1 aromatic carbocycles. The van der Waals surface area contributed by atoms with E-state index in [1.54, 1.807) is 0 Å². The van der Waals surface area contributed by atoms with Crippen LogP contribution in [-0.4, -0.2) is 46.8 Å². The Morgan fingerprint density at radius 2 is 1.71 bits per heavy atom. The summed E-state index contributed by atoms with van der Waals surface area (Å²) < 4.78 is 63.0. The van der Waals surface area contributed by atoms with Gasteiger partial charge in [0, 0.05) is 18.5 Å². The number of nitrogens with one attached hydrogen (secondary N) is 2. The summed E-state index contributed by atoms with van der Waals surface area (Å²) in [6.07, 6.45) is 3.19. The number of hydrogen-bond donors (Lipinski definition) is 2. The first-order valence-electron chi connectivity index (χ1n) is 9.41. The van der Waals surface area contributed by atoms with Crippen LogP contribution >= 0.6 is 0 Å². The molecule has 2 aliphatic rings. The molecule has 0 spiro atoms. The van der Waals surface area contributed by atoms with Gasteiger partial charge < -0.3 is 5.32 Å². The zero-order valence-corrected chi connectivity index (χ0v) is 17.1. The fourth-order valence-electron chi connectivity index (χ4n) is 3.78. The van der Waals surface area contributed by atoms with Gasteiger partial charge in [-0.2, -0.15) is 0 Å². The summed E-state index contributed by atoms with van der Waals surface area (Å²) >= 11 is 0. The molecule has 28 heavy (non-hydrogen) atoms. The summed E-state index contributed by atoms with van der Waals surface area (Å²) in [6, 6.07) is 4.37. The SMILES string of the molecule is O=C(NC1CCS(=O)(=O)C1)C1CCC(CNS(=O)(=O)c2ccc(F)cc2)CC1. The number of halogens is 1. The molecule has 1 aromatic rings. The number of benzene rings is 1. The van der Waals surface area contributed by atoms with Crippen LogP contribution in [0, 0.1) is 17.7 Å². The first-order valence-corrected chi connectivity index (χ1v) is 12.7. The summed E-state index contributed by atoms with van der Waals surface area (Å²) in [5.74, 6) is -0.490. The Bertz CT molecular complexity index is 908. The molecule has 1 atom stereocenters. The monoisotopic (exact) mass is 432 g/mol. The van der Waals surface area contributed by atoms with Crippen molar-refractivity contribution in [2.45, 2.75) is 43.0 Å². The van der Waals surface area contributed by atoms with Crippen molar-refractivity contribution in [1.29, 1.82) is 0 Å². The van der Waals surface area contributed by atoms with E-state index < -0.39 is 25.7 Å². The molecule has 0 radical (unpaired) electrons. The third-order valence-electron chi connectivity index (χ3n) is 5.48. The molecule has 156 valence electrons. The van der Waals surface area contributed by atoms with Gasteiger partial charge in [-0.1, -0.05) is 0 Å². The molecule has 7 nitrogen and oxygen atoms in total. The summed E-state index contributed by atoms with van der Waals surface area (Å²) in [4.78, 5) is 12.4. The molecule has 1 heterocycles. The fraction of sp³-hybridized carbons (Fsp3) is 0.611. The standard InChI is InChI=1S/C18H25FN2O5S2/c19-15-5-7-17(8-6-15)28(25,26)20-11-13-1-3-14(4-2-13)18(22)21-16-9-10-27(23,24)12-16/h5-8,13-14,16,20H,1-4,9-12H2,(H,21,22). The van der Waals surface area contributed by atoms with Crippen LogP contribution in [0.2, 0.25) is 0 Å². The first kappa shape index (κ1) is 21.2. The average Bonchev–Trinajstić information content (AvgIpc) is 2.99. The fourth-order valence-corrected chi connectivity index (χ4v) is 6.57. The van der Waals surface area contributed by atoms with E-state index in [0.717, 1.165) is 12.1 Å². The van der Waals surface area contributed by atoms with Crippen molar-refractivity contribution in [3.05, 3.63) is 30.1 Å². The highest BCUT2D eigenvalue weighted by atomic mass is 32.2. The predicted octanol–water partition coefficient (Wildman–Crippen LogP) is 1.21. The molecular formula is C18H25FN2O5S2. The Labute approximate surface area is 165 Å². The van der Waals surface area contributed by atoms with Gasteiger partial charge in [0.2, 0.25) is 15.9 Å². The van der Waals surface area contributed by atoms with Gasteiger partial charge in [-0.25, -0.2) is 25.9 Å². The normalized spacial score (nSPS) is 27.4. The van der Waals surface area contributed by atoms with Gasteiger partial charge >= 0.3 is 0 Å². The van der Waals surface area contributed by atoms with E-state index in [0.29, 0.717) is 32.1 Å². The van der Waals surface area contributed by atoms with E-state index in [4.69, 9.17) is 0 Å². The van der Waals surface area contributed by atoms with E-state index >= 15 is 0 Å². The second-order valence-corrected chi connectivity index (χ2v) is 11.6. The molecular weight excluding hydrogens is 407 g/mol. The van der Waals surface area contributed by atoms with Crippen molar-refractivity contribution >= 4 is 25.8 Å². The minimum Gasteiger partial charge on any atom is -0.352 e. The van der Waals surface area contributed by atoms with Crippen LogP contribution in [0.1, 0.15) is 32.1 Å². The minimum absolute atomic E-state index is 0.0131. The van der Waals surface area contributed by atoms with Crippen LogP contribution in [0.25, 0.3) is 0 Å². The van der Waals surface area contributed by atoms with Crippen molar-refractivity contribution in [3.8, 4) is 0 Å². The van der Waals surface area contributed by atoms with E-state index in [-0.39, 0.29) is 46.7 Å². The van der Waals surface area contributed by atoms with Gasteiger partial charge in [-0.3, -0.25) is 4.79 Å². The molecule has 1 aliphatic carbocycles. The average molecular weight is 433 g/mol. The number of carbonyl (C=O) groups is 1. The lowest BCUT2D eigenvalue weighted by Gasteiger charge is -2.28. The molecule has 2 fully saturated rings. The molecule has 2 N–H and O–H groups in total. The molecule has 0 aromatic heterocycles. The van der Waals surface area contributed by atoms with Gasteiger partial charge in [0.15, 0.2) is 9.84 Å². The molecule has 1 unspecified atom stereocenters. The van der Waals surface area contributed by atoms with Crippen LogP contribution in [0.4, 0.5) is 4.39 Å². The van der Waals surface area contributed by atoms with Gasteiger partial charge in [0.25, 0.3) is 0 Å². The summed E-state index contributed by atoms with van der Waals surface area (Å²) in [5, 5.41) is 2.84. The van der Waals surface area contributed by atoms with Crippen molar-refractivity contribution in [1.82, 2.24) is 10.0 Å². The number of amides is 1. The highest BCUT2D eigenvalue weighted by Gasteiger charge is 2.32. The van der Waals surface area contributed by atoms with Crippen LogP contribution in [0.15, 0.2) is 29.2 Å². The Balaban J connectivity index is 1.44. The lowest BCUT2D eigenvalue weighted by Crippen LogP contribution is -2.41. The summed E-state index contributed by atoms with van der Waals surface area (Å²) in [6.45, 7) is 0.273. The van der Waals surface area contributed by atoms with E-state index in [1.807, 2.05) is 0 Å². The summed E-state index contributed by atoms with van der Waals surface area (Å²) in [7, 11) is -6.71. The second kappa shape index (κ2) is 8.46. The third kappa shape index (κ3) is 5.51. The molecule has 3 rings (SSSR count). The lowest BCUT2D eigenvalue weighted by molar-refractivity contribution is -0.126. The van der Waals surface area contributed by atoms with Crippen molar-refractivity contribution < 1.29 is 26.0 Å². The maximum absolute atomic E-state index is 12.9. The smallest absolute Gasteiger partial charge is 0.240 e.